The van der Waals surface area contributed by atoms with Gasteiger partial charge in [-0.05, 0) is 24.6 Å². The van der Waals surface area contributed by atoms with Gasteiger partial charge >= 0.3 is 0 Å². The summed E-state index contributed by atoms with van der Waals surface area (Å²) in [7, 11) is -3.55. The Labute approximate surface area is 98.1 Å². The molecule has 7 heteroatoms. The number of sulfonamides is 1. The summed E-state index contributed by atoms with van der Waals surface area (Å²) in [5.74, 6) is -0.905. The molecule has 0 heterocycles. The van der Waals surface area contributed by atoms with Crippen LogP contribution in [0, 0.1) is 5.82 Å². The van der Waals surface area contributed by atoms with E-state index in [0.717, 1.165) is 6.07 Å². The van der Waals surface area contributed by atoms with Crippen molar-refractivity contribution in [2.75, 3.05) is 17.1 Å². The molecule has 0 aliphatic rings. The lowest BCUT2D eigenvalue weighted by molar-refractivity contribution is 0.295. The van der Waals surface area contributed by atoms with Crippen molar-refractivity contribution in [3.63, 3.8) is 0 Å². The SMILES string of the molecule is O=S(=O)(CCCO)Nc1ccc(Cl)c(F)c1. The number of halogens is 2. The highest BCUT2D eigenvalue weighted by Crippen LogP contribution is 2.19. The average molecular weight is 268 g/mol. The van der Waals surface area contributed by atoms with E-state index in [1.165, 1.54) is 12.1 Å². The number of aliphatic hydroxyl groups is 1. The molecule has 2 N–H and O–H groups in total. The maximum Gasteiger partial charge on any atom is 0.232 e. The van der Waals surface area contributed by atoms with Gasteiger partial charge in [-0.1, -0.05) is 11.6 Å². The molecular weight excluding hydrogens is 257 g/mol. The van der Waals surface area contributed by atoms with E-state index >= 15 is 0 Å². The predicted octanol–water partition coefficient (Wildman–Crippen LogP) is 1.60. The molecule has 0 spiro atoms. The molecule has 0 aliphatic carbocycles. The van der Waals surface area contributed by atoms with Crippen LogP contribution in [0.25, 0.3) is 0 Å². The van der Waals surface area contributed by atoms with Gasteiger partial charge in [-0.2, -0.15) is 0 Å². The van der Waals surface area contributed by atoms with E-state index in [0.29, 0.717) is 0 Å². The molecule has 0 radical (unpaired) electrons. The molecule has 0 aromatic heterocycles. The minimum absolute atomic E-state index is 0.0710. The summed E-state index contributed by atoms with van der Waals surface area (Å²) in [4.78, 5) is 0. The third-order valence-electron chi connectivity index (χ3n) is 1.76. The van der Waals surface area contributed by atoms with Crippen LogP contribution in [0.4, 0.5) is 10.1 Å². The van der Waals surface area contributed by atoms with E-state index in [1.54, 1.807) is 0 Å². The van der Waals surface area contributed by atoms with Crippen molar-refractivity contribution in [1.82, 2.24) is 0 Å². The van der Waals surface area contributed by atoms with E-state index in [4.69, 9.17) is 16.7 Å². The predicted molar refractivity (Wildman–Crippen MR) is 60.5 cm³/mol. The van der Waals surface area contributed by atoms with Crippen molar-refractivity contribution in [2.24, 2.45) is 0 Å². The summed E-state index contributed by atoms with van der Waals surface area (Å²) in [5.41, 5.74) is 0.111. The van der Waals surface area contributed by atoms with Crippen LogP contribution in [0.5, 0.6) is 0 Å². The van der Waals surface area contributed by atoms with Gasteiger partial charge in [0.15, 0.2) is 0 Å². The van der Waals surface area contributed by atoms with Crippen LogP contribution in [0.2, 0.25) is 5.02 Å². The number of nitrogens with one attached hydrogen (secondary N) is 1. The Morgan fingerprint density at radius 2 is 2.12 bits per heavy atom. The first kappa shape index (κ1) is 13.2. The molecule has 0 bridgehead atoms. The van der Waals surface area contributed by atoms with Gasteiger partial charge in [0, 0.05) is 6.61 Å². The normalized spacial score (nSPS) is 11.4. The molecule has 0 aliphatic heterocycles. The number of rotatable bonds is 5. The van der Waals surface area contributed by atoms with Gasteiger partial charge in [0.05, 0.1) is 16.5 Å². The maximum absolute atomic E-state index is 13.0. The fourth-order valence-corrected chi connectivity index (χ4v) is 2.26. The standard InChI is InChI=1S/C9H11ClFNO3S/c10-8-3-2-7(6-9(8)11)12-16(14,15)5-1-4-13/h2-3,6,12-13H,1,4-5H2. The Kier molecular flexibility index (Phi) is 4.52. The van der Waals surface area contributed by atoms with Crippen molar-refractivity contribution < 1.29 is 17.9 Å². The molecule has 0 amide bonds. The van der Waals surface area contributed by atoms with Crippen LogP contribution in [0.15, 0.2) is 18.2 Å². The first-order valence-electron chi connectivity index (χ1n) is 4.51. The van der Waals surface area contributed by atoms with Gasteiger partial charge in [-0.25, -0.2) is 12.8 Å². The van der Waals surface area contributed by atoms with Crippen LogP contribution in [-0.4, -0.2) is 25.9 Å². The van der Waals surface area contributed by atoms with Gasteiger partial charge < -0.3 is 5.11 Å². The lowest BCUT2D eigenvalue weighted by Gasteiger charge is -2.07. The monoisotopic (exact) mass is 267 g/mol. The van der Waals surface area contributed by atoms with E-state index in [-0.39, 0.29) is 29.5 Å². The molecule has 90 valence electrons. The lowest BCUT2D eigenvalue weighted by atomic mass is 10.3. The van der Waals surface area contributed by atoms with Crippen molar-refractivity contribution in [3.8, 4) is 0 Å². The fourth-order valence-electron chi connectivity index (χ4n) is 1.04. The van der Waals surface area contributed by atoms with Gasteiger partial charge in [-0.15, -0.1) is 0 Å². The Morgan fingerprint density at radius 3 is 2.69 bits per heavy atom. The van der Waals surface area contributed by atoms with Crippen LogP contribution >= 0.6 is 11.6 Å². The Bertz CT molecular complexity index is 464. The molecule has 0 fully saturated rings. The smallest absolute Gasteiger partial charge is 0.232 e. The third kappa shape index (κ3) is 3.96. The summed E-state index contributed by atoms with van der Waals surface area (Å²) >= 11 is 5.45. The molecule has 0 atom stereocenters. The van der Waals surface area contributed by atoms with E-state index in [1.807, 2.05) is 0 Å². The highest BCUT2D eigenvalue weighted by atomic mass is 35.5. The van der Waals surface area contributed by atoms with Crippen molar-refractivity contribution >= 4 is 27.3 Å². The summed E-state index contributed by atoms with van der Waals surface area (Å²) in [6, 6.07) is 3.63. The molecule has 1 aromatic rings. The number of hydrogen-bond acceptors (Lipinski definition) is 3. The van der Waals surface area contributed by atoms with Gasteiger partial charge in [0.2, 0.25) is 10.0 Å². The summed E-state index contributed by atoms with van der Waals surface area (Å²) in [6.07, 6.45) is 0.130. The quantitative estimate of drug-likeness (QED) is 0.852. The summed E-state index contributed by atoms with van der Waals surface area (Å²) < 4.78 is 37.9. The fraction of sp³-hybridized carbons (Fsp3) is 0.333. The molecule has 1 rings (SSSR count). The zero-order chi connectivity index (χ0) is 12.2. The molecular formula is C9H11ClFNO3S. The first-order chi connectivity index (χ1) is 7.44. The summed E-state index contributed by atoms with van der Waals surface area (Å²) in [5, 5.41) is 8.44. The maximum atomic E-state index is 13.0. The second kappa shape index (κ2) is 5.47. The second-order valence-corrected chi connectivity index (χ2v) is 5.38. The van der Waals surface area contributed by atoms with E-state index < -0.39 is 15.8 Å². The van der Waals surface area contributed by atoms with Crippen LogP contribution < -0.4 is 4.72 Å². The molecule has 1 aromatic carbocycles. The van der Waals surface area contributed by atoms with Gasteiger partial charge in [-0.3, -0.25) is 4.72 Å². The van der Waals surface area contributed by atoms with Crippen LogP contribution in [0.3, 0.4) is 0 Å². The molecule has 4 nitrogen and oxygen atoms in total. The minimum atomic E-state index is -3.55. The van der Waals surface area contributed by atoms with Crippen molar-refractivity contribution in [3.05, 3.63) is 29.0 Å². The van der Waals surface area contributed by atoms with Crippen molar-refractivity contribution in [2.45, 2.75) is 6.42 Å². The second-order valence-electron chi connectivity index (χ2n) is 3.13. The Morgan fingerprint density at radius 1 is 1.44 bits per heavy atom. The number of anilines is 1. The topological polar surface area (TPSA) is 66.4 Å². The van der Waals surface area contributed by atoms with Gasteiger partial charge in [0.1, 0.15) is 5.82 Å². The van der Waals surface area contributed by atoms with E-state index in [9.17, 15) is 12.8 Å². The Hall–Kier alpha value is -0.850. The minimum Gasteiger partial charge on any atom is -0.396 e. The molecule has 0 saturated carbocycles. The van der Waals surface area contributed by atoms with Crippen LogP contribution in [-0.2, 0) is 10.0 Å². The van der Waals surface area contributed by atoms with E-state index in [2.05, 4.69) is 4.72 Å². The summed E-state index contributed by atoms with van der Waals surface area (Å²) in [6.45, 7) is -0.212. The number of benzene rings is 1. The van der Waals surface area contributed by atoms with Crippen molar-refractivity contribution in [1.29, 1.82) is 0 Å². The highest BCUT2D eigenvalue weighted by molar-refractivity contribution is 7.92. The zero-order valence-corrected chi connectivity index (χ0v) is 9.85. The molecule has 0 unspecified atom stereocenters. The zero-order valence-electron chi connectivity index (χ0n) is 8.28. The molecule has 0 saturated heterocycles. The largest absolute Gasteiger partial charge is 0.396 e. The van der Waals surface area contributed by atoms with Crippen LogP contribution in [0.1, 0.15) is 6.42 Å². The highest BCUT2D eigenvalue weighted by Gasteiger charge is 2.10. The number of aliphatic hydroxyl groups excluding tert-OH is 1. The number of hydrogen-bond donors (Lipinski definition) is 2. The third-order valence-corrected chi connectivity index (χ3v) is 3.44. The average Bonchev–Trinajstić information content (AvgIpc) is 2.20. The lowest BCUT2D eigenvalue weighted by Crippen LogP contribution is -2.17. The Balaban J connectivity index is 2.76. The van der Waals surface area contributed by atoms with Gasteiger partial charge in [0.25, 0.3) is 0 Å². The first-order valence-corrected chi connectivity index (χ1v) is 6.54. The molecule has 16 heavy (non-hydrogen) atoms.